The molecule has 2 aromatic carbocycles. The summed E-state index contributed by atoms with van der Waals surface area (Å²) in [6.45, 7) is 2.86. The zero-order chi connectivity index (χ0) is 19.5. The van der Waals surface area contributed by atoms with E-state index < -0.39 is 12.5 Å². The van der Waals surface area contributed by atoms with Gasteiger partial charge in [-0.1, -0.05) is 60.7 Å². The van der Waals surface area contributed by atoms with Crippen LogP contribution in [0.25, 0.3) is 0 Å². The minimum absolute atomic E-state index is 0.202. The molecule has 2 atom stereocenters. The Labute approximate surface area is 160 Å². The Bertz CT molecular complexity index is 651. The summed E-state index contributed by atoms with van der Waals surface area (Å²) < 4.78 is 11.2. The van der Waals surface area contributed by atoms with Crippen molar-refractivity contribution in [2.75, 3.05) is 0 Å². The SMILES string of the molecule is CC(=O)NC(Cc1ccccc1)O[B]OC(Cc1ccccc1)NC(C)=O. The lowest BCUT2D eigenvalue weighted by Crippen LogP contribution is -2.42. The molecular formula is C20H24BN2O4. The molecule has 0 spiro atoms. The van der Waals surface area contributed by atoms with Crippen LogP contribution in [0.2, 0.25) is 0 Å². The lowest BCUT2D eigenvalue weighted by molar-refractivity contribution is -0.121. The van der Waals surface area contributed by atoms with Gasteiger partial charge in [-0.05, 0) is 11.1 Å². The number of benzene rings is 2. The van der Waals surface area contributed by atoms with E-state index in [-0.39, 0.29) is 11.8 Å². The predicted molar refractivity (Wildman–Crippen MR) is 103 cm³/mol. The van der Waals surface area contributed by atoms with Crippen molar-refractivity contribution < 1.29 is 18.9 Å². The normalized spacial score (nSPS) is 12.7. The number of amides is 2. The predicted octanol–water partition coefficient (Wildman–Crippen LogP) is 1.96. The van der Waals surface area contributed by atoms with Gasteiger partial charge in [-0.2, -0.15) is 0 Å². The average molecular weight is 367 g/mol. The molecule has 0 fully saturated rings. The molecule has 0 heterocycles. The van der Waals surface area contributed by atoms with Crippen LogP contribution in [-0.4, -0.2) is 32.0 Å². The maximum Gasteiger partial charge on any atom is 0.491 e. The number of hydrogen-bond donors (Lipinski definition) is 2. The molecular weight excluding hydrogens is 343 g/mol. The maximum absolute atomic E-state index is 11.4. The highest BCUT2D eigenvalue weighted by molar-refractivity contribution is 6.18. The first kappa shape index (κ1) is 20.7. The van der Waals surface area contributed by atoms with Crippen LogP contribution < -0.4 is 10.6 Å². The zero-order valence-corrected chi connectivity index (χ0v) is 15.6. The topological polar surface area (TPSA) is 76.7 Å². The number of rotatable bonds is 10. The van der Waals surface area contributed by atoms with Crippen molar-refractivity contribution in [2.24, 2.45) is 0 Å². The molecule has 2 unspecified atom stereocenters. The third kappa shape index (κ3) is 8.53. The molecule has 2 rings (SSSR count). The molecule has 0 aliphatic heterocycles. The first-order chi connectivity index (χ1) is 13.0. The lowest BCUT2D eigenvalue weighted by atomic mass is 10.1. The molecule has 0 aliphatic carbocycles. The maximum atomic E-state index is 11.4. The highest BCUT2D eigenvalue weighted by atomic mass is 16.6. The molecule has 0 saturated heterocycles. The van der Waals surface area contributed by atoms with Gasteiger partial charge in [-0.15, -0.1) is 0 Å². The Kier molecular flexibility index (Phi) is 8.54. The van der Waals surface area contributed by atoms with Gasteiger partial charge in [-0.3, -0.25) is 9.59 Å². The highest BCUT2D eigenvalue weighted by Gasteiger charge is 2.17. The third-order valence-corrected chi connectivity index (χ3v) is 3.70. The van der Waals surface area contributed by atoms with Crippen molar-refractivity contribution in [3.63, 3.8) is 0 Å². The summed E-state index contributed by atoms with van der Waals surface area (Å²) >= 11 is 0. The second kappa shape index (κ2) is 11.2. The van der Waals surface area contributed by atoms with Gasteiger partial charge in [0.2, 0.25) is 11.8 Å². The van der Waals surface area contributed by atoms with Gasteiger partial charge in [0.15, 0.2) is 0 Å². The molecule has 0 saturated carbocycles. The van der Waals surface area contributed by atoms with Crippen LogP contribution in [0, 0.1) is 0 Å². The first-order valence-corrected chi connectivity index (χ1v) is 8.77. The average Bonchev–Trinajstić information content (AvgIpc) is 2.62. The summed E-state index contributed by atoms with van der Waals surface area (Å²) in [6, 6.07) is 19.4. The van der Waals surface area contributed by atoms with Gasteiger partial charge < -0.3 is 19.9 Å². The third-order valence-electron chi connectivity index (χ3n) is 3.70. The Hall–Kier alpha value is -2.64. The lowest BCUT2D eigenvalue weighted by Gasteiger charge is -2.22. The van der Waals surface area contributed by atoms with Crippen LogP contribution in [0.4, 0.5) is 0 Å². The van der Waals surface area contributed by atoms with E-state index in [1.54, 1.807) is 0 Å². The van der Waals surface area contributed by atoms with Gasteiger partial charge in [-0.25, -0.2) is 0 Å². The van der Waals surface area contributed by atoms with Crippen molar-refractivity contribution >= 4 is 19.5 Å². The minimum atomic E-state index is -0.570. The zero-order valence-electron chi connectivity index (χ0n) is 15.6. The first-order valence-electron chi connectivity index (χ1n) is 8.77. The molecule has 2 N–H and O–H groups in total. The van der Waals surface area contributed by atoms with Crippen LogP contribution in [0.1, 0.15) is 25.0 Å². The number of carbonyl (C=O) groups excluding carboxylic acids is 2. The van der Waals surface area contributed by atoms with E-state index >= 15 is 0 Å². The molecule has 2 amide bonds. The van der Waals surface area contributed by atoms with Crippen LogP contribution in [-0.2, 0) is 31.7 Å². The Morgan fingerprint density at radius 3 is 1.48 bits per heavy atom. The van der Waals surface area contributed by atoms with Gasteiger partial charge in [0.05, 0.1) is 0 Å². The number of nitrogens with one attached hydrogen (secondary N) is 2. The minimum Gasteiger partial charge on any atom is -0.392 e. The molecule has 1 radical (unpaired) electrons. The largest absolute Gasteiger partial charge is 0.491 e. The second-order valence-electron chi connectivity index (χ2n) is 6.13. The van der Waals surface area contributed by atoms with Gasteiger partial charge in [0, 0.05) is 26.7 Å². The van der Waals surface area contributed by atoms with E-state index in [1.165, 1.54) is 21.5 Å². The summed E-state index contributed by atoms with van der Waals surface area (Å²) in [5.41, 5.74) is 2.04. The summed E-state index contributed by atoms with van der Waals surface area (Å²) in [6.07, 6.45) is -0.160. The molecule has 7 heteroatoms. The smallest absolute Gasteiger partial charge is 0.392 e. The standard InChI is InChI=1S/C20H24BN2O4/c1-15(24)22-19(13-17-9-5-3-6-10-17)26-21-27-20(23-16(2)25)14-18-11-7-4-8-12-18/h3-12,19-20H,13-14H2,1-2H3,(H,22,24)(H,23,25). The van der Waals surface area contributed by atoms with Crippen LogP contribution in [0.3, 0.4) is 0 Å². The highest BCUT2D eigenvalue weighted by Crippen LogP contribution is 2.07. The fourth-order valence-corrected chi connectivity index (χ4v) is 2.54. The molecule has 0 aliphatic rings. The fourth-order valence-electron chi connectivity index (χ4n) is 2.54. The number of carbonyl (C=O) groups is 2. The van der Waals surface area contributed by atoms with Crippen molar-refractivity contribution in [1.29, 1.82) is 0 Å². The van der Waals surface area contributed by atoms with Crippen molar-refractivity contribution in [1.82, 2.24) is 10.6 Å². The Balaban J connectivity index is 1.90. The second-order valence-corrected chi connectivity index (χ2v) is 6.13. The van der Waals surface area contributed by atoms with E-state index in [2.05, 4.69) is 10.6 Å². The number of hydrogen-bond acceptors (Lipinski definition) is 4. The molecule has 27 heavy (non-hydrogen) atoms. The van der Waals surface area contributed by atoms with Crippen molar-refractivity contribution in [3.05, 3.63) is 71.8 Å². The van der Waals surface area contributed by atoms with E-state index in [4.69, 9.17) is 9.31 Å². The van der Waals surface area contributed by atoms with E-state index in [0.29, 0.717) is 12.8 Å². The van der Waals surface area contributed by atoms with Gasteiger partial charge >= 0.3 is 7.69 Å². The molecule has 6 nitrogen and oxygen atoms in total. The quantitative estimate of drug-likeness (QED) is 0.497. The monoisotopic (exact) mass is 367 g/mol. The van der Waals surface area contributed by atoms with E-state index in [1.807, 2.05) is 60.7 Å². The Morgan fingerprint density at radius 2 is 1.15 bits per heavy atom. The van der Waals surface area contributed by atoms with Gasteiger partial charge in [0.25, 0.3) is 0 Å². The van der Waals surface area contributed by atoms with Gasteiger partial charge in [0.1, 0.15) is 12.5 Å². The summed E-state index contributed by atoms with van der Waals surface area (Å²) in [7, 11) is 1.17. The molecule has 2 aromatic rings. The molecule has 141 valence electrons. The van der Waals surface area contributed by atoms with E-state index in [9.17, 15) is 9.59 Å². The Morgan fingerprint density at radius 1 is 0.778 bits per heavy atom. The van der Waals surface area contributed by atoms with Crippen LogP contribution >= 0.6 is 0 Å². The summed E-state index contributed by atoms with van der Waals surface area (Å²) in [5, 5.41) is 5.47. The summed E-state index contributed by atoms with van der Waals surface area (Å²) in [4.78, 5) is 22.9. The van der Waals surface area contributed by atoms with Crippen LogP contribution in [0.15, 0.2) is 60.7 Å². The fraction of sp³-hybridized carbons (Fsp3) is 0.300. The van der Waals surface area contributed by atoms with Crippen molar-refractivity contribution in [3.8, 4) is 0 Å². The molecule has 0 bridgehead atoms. The molecule has 0 aromatic heterocycles. The summed E-state index contributed by atoms with van der Waals surface area (Å²) in [5.74, 6) is -0.404. The van der Waals surface area contributed by atoms with Crippen LogP contribution in [0.5, 0.6) is 0 Å². The van der Waals surface area contributed by atoms with Crippen molar-refractivity contribution in [2.45, 2.75) is 39.1 Å². The van der Waals surface area contributed by atoms with E-state index in [0.717, 1.165) is 11.1 Å².